The van der Waals surface area contributed by atoms with Crippen LogP contribution in [0.25, 0.3) is 0 Å². The second-order valence-electron chi connectivity index (χ2n) is 8.55. The number of aliphatic hydroxyl groups is 1. The van der Waals surface area contributed by atoms with Gasteiger partial charge in [0, 0.05) is 32.1 Å². The van der Waals surface area contributed by atoms with E-state index in [4.69, 9.17) is 4.74 Å². The summed E-state index contributed by atoms with van der Waals surface area (Å²) in [5, 5.41) is 9.44. The van der Waals surface area contributed by atoms with E-state index in [-0.39, 0.29) is 36.0 Å². The molecule has 4 rings (SSSR count). The summed E-state index contributed by atoms with van der Waals surface area (Å²) in [6, 6.07) is -1.65. The van der Waals surface area contributed by atoms with Gasteiger partial charge in [-0.05, 0) is 12.8 Å². The van der Waals surface area contributed by atoms with E-state index in [9.17, 15) is 49.4 Å². The number of morpholine rings is 1. The third-order valence-corrected chi connectivity index (χ3v) is 6.46. The Morgan fingerprint density at radius 1 is 1.09 bits per heavy atom. The summed E-state index contributed by atoms with van der Waals surface area (Å²) >= 11 is 0. The first-order valence-electron chi connectivity index (χ1n) is 10.2. The van der Waals surface area contributed by atoms with Gasteiger partial charge in [-0.1, -0.05) is 0 Å². The maximum absolute atomic E-state index is 13.7. The summed E-state index contributed by atoms with van der Waals surface area (Å²) in [7, 11) is 0. The molecule has 0 aromatic carbocycles. The topological polar surface area (TPSA) is 70.8 Å². The first-order valence-corrected chi connectivity index (χ1v) is 10.2. The molecule has 1 N–H and O–H groups in total. The Labute approximate surface area is 185 Å². The molecule has 2 fully saturated rings. The zero-order chi connectivity index (χ0) is 25.3. The van der Waals surface area contributed by atoms with Gasteiger partial charge in [0.25, 0.3) is 11.2 Å². The van der Waals surface area contributed by atoms with Crippen molar-refractivity contribution in [3.63, 3.8) is 0 Å². The lowest BCUT2D eigenvalue weighted by atomic mass is 9.97. The Bertz CT molecular complexity index is 977. The van der Waals surface area contributed by atoms with Gasteiger partial charge in [0.15, 0.2) is 0 Å². The zero-order valence-corrected chi connectivity index (χ0v) is 17.2. The monoisotopic (exact) mass is 510 g/mol. The average molecular weight is 510 g/mol. The fraction of sp³-hybridized carbons (Fsp3) is 0.778. The molecular formula is C18H19F9N4O3. The summed E-state index contributed by atoms with van der Waals surface area (Å²) in [6.45, 7) is -1.43. The molecule has 192 valence electrons. The van der Waals surface area contributed by atoms with Crippen LogP contribution in [0.3, 0.4) is 0 Å². The fourth-order valence-corrected chi connectivity index (χ4v) is 4.61. The Morgan fingerprint density at radius 2 is 1.74 bits per heavy atom. The van der Waals surface area contributed by atoms with E-state index in [1.54, 1.807) is 4.90 Å². The SMILES string of the molecule is O=c1cc(N2C[C@@H]3C[C@H]2CO3)nc2n1CC[C@@H](C(F)(F)F)N2CCC(O)(C(F)(F)F)C(F)(F)F. The van der Waals surface area contributed by atoms with Crippen molar-refractivity contribution in [3.05, 3.63) is 16.4 Å². The van der Waals surface area contributed by atoms with Crippen molar-refractivity contribution in [1.29, 1.82) is 0 Å². The normalized spacial score (nSPS) is 25.8. The Hall–Kier alpha value is -2.23. The molecule has 0 radical (unpaired) electrons. The number of ether oxygens (including phenoxy) is 1. The summed E-state index contributed by atoms with van der Waals surface area (Å²) < 4.78 is 126. The van der Waals surface area contributed by atoms with Crippen LogP contribution in [-0.4, -0.2) is 76.7 Å². The smallest absolute Gasteiger partial charge is 0.374 e. The summed E-state index contributed by atoms with van der Waals surface area (Å²) in [4.78, 5) is 18.5. The van der Waals surface area contributed by atoms with Crippen LogP contribution in [0, 0.1) is 0 Å². The molecule has 34 heavy (non-hydrogen) atoms. The summed E-state index contributed by atoms with van der Waals surface area (Å²) in [6.07, 6.45) is -20.0. The predicted molar refractivity (Wildman–Crippen MR) is 97.5 cm³/mol. The number of halogens is 9. The molecule has 3 atom stereocenters. The van der Waals surface area contributed by atoms with Crippen LogP contribution in [0.2, 0.25) is 0 Å². The molecule has 3 aliphatic heterocycles. The minimum atomic E-state index is -6.20. The first-order chi connectivity index (χ1) is 15.5. The highest BCUT2D eigenvalue weighted by Gasteiger charge is 2.70. The predicted octanol–water partition coefficient (Wildman–Crippen LogP) is 2.61. The molecule has 0 unspecified atom stereocenters. The van der Waals surface area contributed by atoms with Gasteiger partial charge in [-0.3, -0.25) is 9.36 Å². The van der Waals surface area contributed by atoms with Crippen LogP contribution >= 0.6 is 0 Å². The molecule has 1 aromatic heterocycles. The van der Waals surface area contributed by atoms with Crippen molar-refractivity contribution < 1.29 is 49.4 Å². The fourth-order valence-electron chi connectivity index (χ4n) is 4.61. The van der Waals surface area contributed by atoms with E-state index in [1.807, 2.05) is 0 Å². The Morgan fingerprint density at radius 3 is 2.24 bits per heavy atom. The van der Waals surface area contributed by atoms with E-state index in [2.05, 4.69) is 4.98 Å². The summed E-state index contributed by atoms with van der Waals surface area (Å²) in [5.74, 6) is -0.742. The third kappa shape index (κ3) is 4.07. The lowest BCUT2D eigenvalue weighted by Crippen LogP contribution is -2.60. The van der Waals surface area contributed by atoms with Gasteiger partial charge in [-0.2, -0.15) is 44.5 Å². The number of anilines is 2. The van der Waals surface area contributed by atoms with Crippen molar-refractivity contribution in [2.75, 3.05) is 29.5 Å². The van der Waals surface area contributed by atoms with Crippen LogP contribution < -0.4 is 15.4 Å². The van der Waals surface area contributed by atoms with Crippen LogP contribution in [0.15, 0.2) is 10.9 Å². The first kappa shape index (κ1) is 24.9. The van der Waals surface area contributed by atoms with Gasteiger partial charge in [0.2, 0.25) is 5.95 Å². The van der Waals surface area contributed by atoms with Crippen LogP contribution in [0.1, 0.15) is 19.3 Å². The molecule has 16 heteroatoms. The highest BCUT2D eigenvalue weighted by molar-refractivity contribution is 5.49. The number of fused-ring (bicyclic) bond motifs is 3. The molecule has 0 amide bonds. The van der Waals surface area contributed by atoms with Crippen molar-refractivity contribution in [2.45, 2.75) is 68.1 Å². The van der Waals surface area contributed by atoms with E-state index in [0.717, 1.165) is 10.6 Å². The molecule has 7 nitrogen and oxygen atoms in total. The van der Waals surface area contributed by atoms with Gasteiger partial charge in [0.1, 0.15) is 11.9 Å². The molecule has 1 aromatic rings. The maximum atomic E-state index is 13.7. The maximum Gasteiger partial charge on any atom is 0.426 e. The zero-order valence-electron chi connectivity index (χ0n) is 17.2. The number of alkyl halides is 9. The molecule has 0 aliphatic carbocycles. The Kier molecular flexibility index (Phi) is 5.78. The largest absolute Gasteiger partial charge is 0.426 e. The number of hydrogen-bond acceptors (Lipinski definition) is 6. The van der Waals surface area contributed by atoms with Gasteiger partial charge in [0.05, 0.1) is 18.8 Å². The molecule has 0 saturated carbocycles. The summed E-state index contributed by atoms with van der Waals surface area (Å²) in [5.41, 5.74) is -6.04. The van der Waals surface area contributed by atoms with Gasteiger partial charge < -0.3 is 19.6 Å². The van der Waals surface area contributed by atoms with Gasteiger partial charge >= 0.3 is 18.5 Å². The quantitative estimate of drug-likeness (QED) is 0.629. The minimum absolute atomic E-state index is 0.0400. The number of nitrogens with zero attached hydrogens (tertiary/aromatic N) is 4. The lowest BCUT2D eigenvalue weighted by molar-refractivity contribution is -0.369. The van der Waals surface area contributed by atoms with Crippen LogP contribution in [0.4, 0.5) is 51.3 Å². The number of rotatable bonds is 4. The number of hydrogen-bond donors (Lipinski definition) is 1. The number of aromatic nitrogens is 2. The minimum Gasteiger partial charge on any atom is -0.374 e. The van der Waals surface area contributed by atoms with Crippen LogP contribution in [0.5, 0.6) is 0 Å². The van der Waals surface area contributed by atoms with Crippen molar-refractivity contribution in [2.24, 2.45) is 0 Å². The molecular weight excluding hydrogens is 491 g/mol. The van der Waals surface area contributed by atoms with E-state index in [1.165, 1.54) is 0 Å². The molecule has 0 spiro atoms. The van der Waals surface area contributed by atoms with Gasteiger partial charge in [-0.15, -0.1) is 0 Å². The molecule has 4 heterocycles. The van der Waals surface area contributed by atoms with E-state index < -0.39 is 67.6 Å². The third-order valence-electron chi connectivity index (χ3n) is 6.46. The van der Waals surface area contributed by atoms with Crippen LogP contribution in [-0.2, 0) is 11.3 Å². The lowest BCUT2D eigenvalue weighted by Gasteiger charge is -2.41. The van der Waals surface area contributed by atoms with Crippen molar-refractivity contribution in [3.8, 4) is 0 Å². The molecule has 2 saturated heterocycles. The molecule has 2 bridgehead atoms. The highest BCUT2D eigenvalue weighted by atomic mass is 19.4. The highest BCUT2D eigenvalue weighted by Crippen LogP contribution is 2.46. The van der Waals surface area contributed by atoms with Crippen molar-refractivity contribution in [1.82, 2.24) is 9.55 Å². The second-order valence-corrected chi connectivity index (χ2v) is 8.55. The van der Waals surface area contributed by atoms with Gasteiger partial charge in [-0.25, -0.2) is 0 Å². The van der Waals surface area contributed by atoms with Crippen molar-refractivity contribution >= 4 is 11.8 Å². The Balaban J connectivity index is 1.73. The standard InChI is InChI=1S/C18H19F9N4O3/c19-16(20,21)11-1-3-30-13(32)6-12(31-7-10-5-9(31)8-34-10)28-14(30)29(11)4-2-15(33,17(22,23)24)18(25,26)27/h6,9-11,33H,1-5,7-8H2/t9-,10-,11-/m0/s1. The second kappa shape index (κ2) is 7.90. The van der Waals surface area contributed by atoms with E-state index in [0.29, 0.717) is 6.42 Å². The molecule has 3 aliphatic rings. The average Bonchev–Trinajstić information content (AvgIpc) is 3.32. The van der Waals surface area contributed by atoms with E-state index >= 15 is 0 Å².